The Morgan fingerprint density at radius 2 is 1.69 bits per heavy atom. The van der Waals surface area contributed by atoms with Gasteiger partial charge in [0.2, 0.25) is 0 Å². The number of ether oxygens (including phenoxy) is 2. The summed E-state index contributed by atoms with van der Waals surface area (Å²) in [4.78, 5) is 30.4. The Bertz CT molecular complexity index is 1060. The number of benzene rings is 2. The zero-order valence-electron chi connectivity index (χ0n) is 21.8. The first kappa shape index (κ1) is 27.3. The maximum absolute atomic E-state index is 13.3. The molecule has 7 nitrogen and oxygen atoms in total. The average Bonchev–Trinajstić information content (AvgIpc) is 3.15. The second-order valence-corrected chi connectivity index (χ2v) is 8.73. The minimum Gasteiger partial charge on any atom is -0.507 e. The van der Waals surface area contributed by atoms with E-state index in [-0.39, 0.29) is 11.3 Å². The van der Waals surface area contributed by atoms with Crippen molar-refractivity contribution in [2.75, 3.05) is 39.4 Å². The molecule has 0 aromatic heterocycles. The van der Waals surface area contributed by atoms with Crippen molar-refractivity contribution in [2.45, 2.75) is 46.6 Å². The fraction of sp³-hybridized carbons (Fsp3) is 0.448. The number of hydrogen-bond acceptors (Lipinski definition) is 6. The minimum atomic E-state index is -0.721. The summed E-state index contributed by atoms with van der Waals surface area (Å²) in [7, 11) is 0. The van der Waals surface area contributed by atoms with Gasteiger partial charge in [0, 0.05) is 12.1 Å². The summed E-state index contributed by atoms with van der Waals surface area (Å²) in [5.41, 5.74) is 1.29. The lowest BCUT2D eigenvalue weighted by molar-refractivity contribution is -0.140. The van der Waals surface area contributed by atoms with Gasteiger partial charge in [0.1, 0.15) is 5.76 Å². The highest BCUT2D eigenvalue weighted by Gasteiger charge is 2.46. The van der Waals surface area contributed by atoms with Gasteiger partial charge in [0.05, 0.1) is 24.8 Å². The van der Waals surface area contributed by atoms with E-state index in [2.05, 4.69) is 18.7 Å². The molecule has 1 aliphatic heterocycles. The van der Waals surface area contributed by atoms with Crippen LogP contribution >= 0.6 is 0 Å². The molecule has 0 radical (unpaired) electrons. The predicted octanol–water partition coefficient (Wildman–Crippen LogP) is 5.03. The Morgan fingerprint density at radius 1 is 0.972 bits per heavy atom. The van der Waals surface area contributed by atoms with E-state index in [1.807, 2.05) is 38.1 Å². The summed E-state index contributed by atoms with van der Waals surface area (Å²) in [6, 6.07) is 13.6. The van der Waals surface area contributed by atoms with Crippen molar-refractivity contribution < 1.29 is 24.2 Å². The van der Waals surface area contributed by atoms with Gasteiger partial charge in [-0.15, -0.1) is 0 Å². The number of ketones is 1. The van der Waals surface area contributed by atoms with Crippen molar-refractivity contribution in [3.8, 4) is 11.5 Å². The van der Waals surface area contributed by atoms with Crippen LogP contribution in [0.15, 0.2) is 54.1 Å². The first-order chi connectivity index (χ1) is 17.5. The SMILES string of the molecule is CCCOc1ccc(C2C(=C(O)c3ccccc3)C(=O)C(=O)N2CCCN(CC)CC)cc1OCC. The summed E-state index contributed by atoms with van der Waals surface area (Å²) in [5, 5.41) is 11.2. The molecule has 0 aliphatic carbocycles. The number of aliphatic hydroxyl groups is 1. The molecular weight excluding hydrogens is 456 g/mol. The molecule has 1 saturated heterocycles. The molecular formula is C29H38N2O5. The summed E-state index contributed by atoms with van der Waals surface area (Å²) in [5.74, 6) is -0.273. The number of nitrogens with zero attached hydrogens (tertiary/aromatic N) is 2. The van der Waals surface area contributed by atoms with E-state index in [1.165, 1.54) is 0 Å². The van der Waals surface area contributed by atoms with Crippen LogP contribution in [0.5, 0.6) is 11.5 Å². The van der Waals surface area contributed by atoms with Gasteiger partial charge in [0.15, 0.2) is 11.5 Å². The topological polar surface area (TPSA) is 79.3 Å². The zero-order valence-corrected chi connectivity index (χ0v) is 21.8. The van der Waals surface area contributed by atoms with Gasteiger partial charge in [-0.05, 0) is 57.1 Å². The van der Waals surface area contributed by atoms with Crippen LogP contribution in [-0.4, -0.2) is 66.0 Å². The fourth-order valence-corrected chi connectivity index (χ4v) is 4.51. The van der Waals surface area contributed by atoms with Gasteiger partial charge >= 0.3 is 0 Å². The minimum absolute atomic E-state index is 0.0960. The van der Waals surface area contributed by atoms with Crippen molar-refractivity contribution in [2.24, 2.45) is 0 Å². The second-order valence-electron chi connectivity index (χ2n) is 8.73. The molecule has 0 spiro atoms. The number of hydrogen-bond donors (Lipinski definition) is 1. The van der Waals surface area contributed by atoms with Crippen LogP contribution < -0.4 is 9.47 Å². The number of likely N-dealkylation sites (tertiary alicyclic amines) is 1. The first-order valence-electron chi connectivity index (χ1n) is 12.9. The van der Waals surface area contributed by atoms with Gasteiger partial charge in [-0.3, -0.25) is 9.59 Å². The highest BCUT2D eigenvalue weighted by atomic mass is 16.5. The largest absolute Gasteiger partial charge is 0.507 e. The molecule has 0 bridgehead atoms. The van der Waals surface area contributed by atoms with Crippen molar-refractivity contribution in [3.63, 3.8) is 0 Å². The molecule has 1 amide bonds. The Morgan fingerprint density at radius 3 is 2.33 bits per heavy atom. The van der Waals surface area contributed by atoms with Gasteiger partial charge in [-0.2, -0.15) is 0 Å². The Hall–Kier alpha value is -3.32. The highest BCUT2D eigenvalue weighted by Crippen LogP contribution is 2.42. The highest BCUT2D eigenvalue weighted by molar-refractivity contribution is 6.46. The summed E-state index contributed by atoms with van der Waals surface area (Å²) in [6.07, 6.45) is 1.57. The van der Waals surface area contributed by atoms with E-state index in [0.717, 1.165) is 26.1 Å². The van der Waals surface area contributed by atoms with Crippen molar-refractivity contribution >= 4 is 17.4 Å². The van der Waals surface area contributed by atoms with Crippen LogP contribution in [0.2, 0.25) is 0 Å². The molecule has 1 unspecified atom stereocenters. The molecule has 2 aromatic carbocycles. The van der Waals surface area contributed by atoms with E-state index in [9.17, 15) is 14.7 Å². The van der Waals surface area contributed by atoms with E-state index in [1.54, 1.807) is 29.2 Å². The first-order valence-corrected chi connectivity index (χ1v) is 12.9. The van der Waals surface area contributed by atoms with Crippen LogP contribution in [0.25, 0.3) is 5.76 Å². The smallest absolute Gasteiger partial charge is 0.295 e. The summed E-state index contributed by atoms with van der Waals surface area (Å²) >= 11 is 0. The van der Waals surface area contributed by atoms with Crippen LogP contribution in [0.1, 0.15) is 57.7 Å². The molecule has 1 heterocycles. The van der Waals surface area contributed by atoms with Crippen molar-refractivity contribution in [1.82, 2.24) is 9.80 Å². The third kappa shape index (κ3) is 6.08. The molecule has 3 rings (SSSR count). The summed E-state index contributed by atoms with van der Waals surface area (Å²) < 4.78 is 11.7. The van der Waals surface area contributed by atoms with Gasteiger partial charge in [0.25, 0.3) is 11.7 Å². The number of carbonyl (C=O) groups excluding carboxylic acids is 2. The number of carbonyl (C=O) groups is 2. The maximum Gasteiger partial charge on any atom is 0.295 e. The molecule has 1 aliphatic rings. The average molecular weight is 495 g/mol. The molecule has 194 valence electrons. The zero-order chi connectivity index (χ0) is 26.1. The van der Waals surface area contributed by atoms with Gasteiger partial charge in [-0.1, -0.05) is 57.2 Å². The molecule has 0 saturated carbocycles. The van der Waals surface area contributed by atoms with E-state index >= 15 is 0 Å². The quantitative estimate of drug-likeness (QED) is 0.239. The predicted molar refractivity (Wildman–Crippen MR) is 141 cm³/mol. The van der Waals surface area contributed by atoms with E-state index in [0.29, 0.717) is 48.8 Å². The van der Waals surface area contributed by atoms with Crippen LogP contribution in [0.4, 0.5) is 0 Å². The van der Waals surface area contributed by atoms with E-state index < -0.39 is 17.7 Å². The van der Waals surface area contributed by atoms with Crippen molar-refractivity contribution in [3.05, 3.63) is 65.2 Å². The van der Waals surface area contributed by atoms with Gasteiger partial charge in [-0.25, -0.2) is 0 Å². The van der Waals surface area contributed by atoms with Crippen LogP contribution in [0, 0.1) is 0 Å². The second kappa shape index (κ2) is 13.1. The van der Waals surface area contributed by atoms with Crippen molar-refractivity contribution in [1.29, 1.82) is 0 Å². The Labute approximate surface area is 214 Å². The molecule has 2 aromatic rings. The molecule has 1 atom stereocenters. The Kier molecular flexibility index (Phi) is 9.94. The molecule has 1 fully saturated rings. The lowest BCUT2D eigenvalue weighted by atomic mass is 9.95. The molecule has 7 heteroatoms. The monoisotopic (exact) mass is 494 g/mol. The van der Waals surface area contributed by atoms with Crippen LogP contribution in [-0.2, 0) is 9.59 Å². The Balaban J connectivity index is 2.07. The van der Waals surface area contributed by atoms with Crippen LogP contribution in [0.3, 0.4) is 0 Å². The number of amides is 1. The molecule has 36 heavy (non-hydrogen) atoms. The number of aliphatic hydroxyl groups excluding tert-OH is 1. The standard InChI is InChI=1S/C29H38N2O5/c1-5-19-36-23-16-15-22(20-24(23)35-8-4)26-25(27(32)21-13-10-9-11-14-21)28(33)29(34)31(26)18-12-17-30(6-2)7-3/h9-11,13-16,20,26,32H,5-8,12,17-19H2,1-4H3. The number of Topliss-reactive ketones (excluding diaryl/α,β-unsaturated/α-hetero) is 1. The number of rotatable bonds is 13. The normalized spacial score (nSPS) is 17.1. The lowest BCUT2D eigenvalue weighted by Crippen LogP contribution is -2.33. The fourth-order valence-electron chi connectivity index (χ4n) is 4.51. The van der Waals surface area contributed by atoms with E-state index in [4.69, 9.17) is 9.47 Å². The molecule has 1 N–H and O–H groups in total. The summed E-state index contributed by atoms with van der Waals surface area (Å²) in [6.45, 7) is 12.2. The maximum atomic E-state index is 13.3. The third-order valence-electron chi connectivity index (χ3n) is 6.40. The third-order valence-corrected chi connectivity index (χ3v) is 6.40. The van der Waals surface area contributed by atoms with Gasteiger partial charge < -0.3 is 24.4 Å². The lowest BCUT2D eigenvalue weighted by Gasteiger charge is -2.27.